The topological polar surface area (TPSA) is 154 Å². The molecule has 0 radical (unpaired) electrons. The number of aliphatic hydroxyl groups excluding tert-OH is 1. The van der Waals surface area contributed by atoms with Crippen LogP contribution in [0.4, 0.5) is 0 Å². The largest absolute Gasteiger partial charge is 1.00 e. The number of hydrogen-bond acceptors (Lipinski definition) is 5. The first-order chi connectivity index (χ1) is 10.7. The fraction of sp³-hybridized carbons (Fsp3) is 0.800. The number of aliphatic carboxylic acids is 1. The Kier molecular flexibility index (Phi) is 10.6. The number of carbonyl (C=O) groups excluding carboxylic acids is 2. The number of nitrogens with one attached hydrogen (secondary N) is 1. The second kappa shape index (κ2) is 10.7. The fourth-order valence-electron chi connectivity index (χ4n) is 3.63. The van der Waals surface area contributed by atoms with Gasteiger partial charge >= 0.3 is 51.4 Å². The monoisotopic (exact) mass is 366 g/mol. The molecule has 0 heterocycles. The molecule has 1 amide bonds. The number of nitrogens with two attached hydrogens (primary N) is 2. The zero-order chi connectivity index (χ0) is 17.7. The van der Waals surface area contributed by atoms with Gasteiger partial charge in [0, 0.05) is 30.8 Å². The smallest absolute Gasteiger partial charge is 0.550 e. The third kappa shape index (κ3) is 5.96. The van der Waals surface area contributed by atoms with Crippen LogP contribution in [0.1, 0.15) is 40.0 Å². The molecule has 0 aromatic carbocycles. The van der Waals surface area contributed by atoms with Crippen molar-refractivity contribution in [2.45, 2.75) is 58.2 Å². The molecule has 0 saturated heterocycles. The average Bonchev–Trinajstić information content (AvgIpc) is 2.74. The number of carboxylic acids is 1. The number of guanidine groups is 1. The molecule has 1 aliphatic rings. The van der Waals surface area contributed by atoms with Gasteiger partial charge in [0.05, 0.1) is 12.1 Å². The quantitative estimate of drug-likeness (QED) is 0.202. The molecule has 0 bridgehead atoms. The van der Waals surface area contributed by atoms with Gasteiger partial charge in [-0.25, -0.2) is 4.99 Å². The maximum absolute atomic E-state index is 11.6. The van der Waals surface area contributed by atoms with Crippen molar-refractivity contribution in [3.8, 4) is 0 Å². The summed E-state index contributed by atoms with van der Waals surface area (Å²) in [4.78, 5) is 27.0. The number of hydrogen-bond donors (Lipinski definition) is 4. The van der Waals surface area contributed by atoms with Gasteiger partial charge in [-0.1, -0.05) is 26.7 Å². The predicted octanol–water partition coefficient (Wildman–Crippen LogP) is -4.68. The maximum Gasteiger partial charge on any atom is 1.00 e. The molecular weight excluding hydrogens is 339 g/mol. The summed E-state index contributed by atoms with van der Waals surface area (Å²) in [5, 5.41) is 24.6. The van der Waals surface area contributed by atoms with E-state index < -0.39 is 36.0 Å². The van der Waals surface area contributed by atoms with Crippen molar-refractivity contribution in [1.82, 2.24) is 5.32 Å². The molecule has 1 saturated carbocycles. The van der Waals surface area contributed by atoms with Crippen LogP contribution >= 0.6 is 0 Å². The van der Waals surface area contributed by atoms with Gasteiger partial charge in [0.15, 0.2) is 5.96 Å². The number of nitrogens with zero attached hydrogens (tertiary/aromatic N) is 1. The maximum atomic E-state index is 11.6. The minimum Gasteiger partial charge on any atom is -0.550 e. The Labute approximate surface area is 185 Å². The third-order valence-electron chi connectivity index (χ3n) is 4.71. The van der Waals surface area contributed by atoms with Gasteiger partial charge in [-0.2, -0.15) is 0 Å². The van der Waals surface area contributed by atoms with Crippen LogP contribution in [0.15, 0.2) is 4.99 Å². The van der Waals surface area contributed by atoms with Gasteiger partial charge in [0.1, 0.15) is 0 Å². The van der Waals surface area contributed by atoms with Crippen molar-refractivity contribution >= 4 is 17.8 Å². The third-order valence-corrected chi connectivity index (χ3v) is 4.71. The van der Waals surface area contributed by atoms with E-state index in [0.717, 1.165) is 12.8 Å². The first-order valence-corrected chi connectivity index (χ1v) is 7.97. The zero-order valence-corrected chi connectivity index (χ0v) is 18.0. The van der Waals surface area contributed by atoms with E-state index in [1.54, 1.807) is 0 Å². The summed E-state index contributed by atoms with van der Waals surface area (Å²) in [5.74, 6) is -3.29. The standard InChI is InChI=1S/C15H28N4O4.K/c1-4-8(5-2)12(18-7(3)20)11-10(19-15(16)17)6-9(13(11)21)14(22)23;/h8-13,21H,4-6H2,1-3H3,(H,18,20)(H,22,23)(H4,16,17,19);/q;+1/p-1/t9-,10+,11+,12-,13+;/m0./s1. The van der Waals surface area contributed by atoms with Gasteiger partial charge in [0.25, 0.3) is 0 Å². The first-order valence-electron chi connectivity index (χ1n) is 7.97. The molecular formula is C15H27KN4O4. The number of carboxylic acid groups (broad SMARTS) is 1. The summed E-state index contributed by atoms with van der Waals surface area (Å²) in [7, 11) is 0. The van der Waals surface area contributed by atoms with E-state index >= 15 is 0 Å². The summed E-state index contributed by atoms with van der Waals surface area (Å²) in [6.07, 6.45) is 0.456. The number of carbonyl (C=O) groups is 2. The molecule has 0 aromatic heterocycles. The van der Waals surface area contributed by atoms with Crippen LogP contribution in [-0.4, -0.2) is 41.1 Å². The van der Waals surface area contributed by atoms with Crippen molar-refractivity contribution in [1.29, 1.82) is 0 Å². The van der Waals surface area contributed by atoms with Crippen LogP contribution in [0.2, 0.25) is 0 Å². The van der Waals surface area contributed by atoms with Gasteiger partial charge in [-0.3, -0.25) is 4.79 Å². The van der Waals surface area contributed by atoms with Crippen molar-refractivity contribution in [3.63, 3.8) is 0 Å². The number of amides is 1. The van der Waals surface area contributed by atoms with E-state index in [4.69, 9.17) is 11.5 Å². The minimum absolute atomic E-state index is 0. The van der Waals surface area contributed by atoms with Gasteiger partial charge in [-0.15, -0.1) is 0 Å². The normalized spacial score (nSPS) is 27.2. The molecule has 5 atom stereocenters. The molecule has 1 fully saturated rings. The van der Waals surface area contributed by atoms with Crippen LogP contribution in [0, 0.1) is 17.8 Å². The molecule has 9 heteroatoms. The molecule has 6 N–H and O–H groups in total. The molecule has 0 unspecified atom stereocenters. The van der Waals surface area contributed by atoms with Gasteiger partial charge in [-0.05, 0) is 12.3 Å². The van der Waals surface area contributed by atoms with Gasteiger partial charge in [0.2, 0.25) is 5.91 Å². The van der Waals surface area contributed by atoms with Crippen molar-refractivity contribution in [2.75, 3.05) is 0 Å². The van der Waals surface area contributed by atoms with E-state index in [2.05, 4.69) is 10.3 Å². The molecule has 1 rings (SSSR count). The second-order valence-electron chi connectivity index (χ2n) is 6.15. The number of aliphatic hydroxyl groups is 1. The first kappa shape index (κ1) is 23.8. The Morgan fingerprint density at radius 3 is 2.25 bits per heavy atom. The Balaban J connectivity index is 0.00000529. The van der Waals surface area contributed by atoms with Crippen LogP contribution in [0.25, 0.3) is 0 Å². The molecule has 1 aliphatic carbocycles. The second-order valence-corrected chi connectivity index (χ2v) is 6.15. The average molecular weight is 367 g/mol. The Morgan fingerprint density at radius 2 is 1.88 bits per heavy atom. The Bertz CT molecular complexity index is 466. The number of rotatable bonds is 7. The van der Waals surface area contributed by atoms with E-state index in [-0.39, 0.29) is 75.6 Å². The Morgan fingerprint density at radius 1 is 1.33 bits per heavy atom. The van der Waals surface area contributed by atoms with Gasteiger partial charge < -0.3 is 31.8 Å². The molecule has 24 heavy (non-hydrogen) atoms. The van der Waals surface area contributed by atoms with Crippen LogP contribution in [0.5, 0.6) is 0 Å². The summed E-state index contributed by atoms with van der Waals surface area (Å²) in [6.45, 7) is 5.36. The van der Waals surface area contributed by atoms with E-state index in [9.17, 15) is 19.8 Å². The molecule has 8 nitrogen and oxygen atoms in total. The van der Waals surface area contributed by atoms with Crippen LogP contribution in [-0.2, 0) is 9.59 Å². The fourth-order valence-corrected chi connectivity index (χ4v) is 3.63. The van der Waals surface area contributed by atoms with Crippen molar-refractivity contribution < 1.29 is 71.2 Å². The molecule has 0 aliphatic heterocycles. The summed E-state index contributed by atoms with van der Waals surface area (Å²) < 4.78 is 0. The minimum atomic E-state index is -1.33. The molecule has 132 valence electrons. The summed E-state index contributed by atoms with van der Waals surface area (Å²) in [6, 6.07) is -0.981. The van der Waals surface area contributed by atoms with E-state index in [1.165, 1.54) is 6.92 Å². The molecule has 0 aromatic rings. The molecule has 0 spiro atoms. The predicted molar refractivity (Wildman–Crippen MR) is 83.9 cm³/mol. The zero-order valence-electron chi connectivity index (χ0n) is 14.9. The van der Waals surface area contributed by atoms with E-state index in [0.29, 0.717) is 0 Å². The van der Waals surface area contributed by atoms with Crippen LogP contribution < -0.4 is 73.3 Å². The van der Waals surface area contributed by atoms with Crippen molar-refractivity contribution in [2.24, 2.45) is 34.2 Å². The summed E-state index contributed by atoms with van der Waals surface area (Å²) in [5.41, 5.74) is 10.9. The summed E-state index contributed by atoms with van der Waals surface area (Å²) >= 11 is 0. The number of aliphatic imine (C=N–C) groups is 1. The van der Waals surface area contributed by atoms with E-state index in [1.807, 2.05) is 13.8 Å². The van der Waals surface area contributed by atoms with Crippen LogP contribution in [0.3, 0.4) is 0 Å². The SMILES string of the molecule is CCC(CC)[C@H](NC(C)=O)[C@@H]1[C@H](O)[C@@H](C(=O)[O-])C[C@H]1N=C(N)N.[K+]. The van der Waals surface area contributed by atoms with Crippen molar-refractivity contribution in [3.05, 3.63) is 0 Å². The Hall–Kier alpha value is -0.194.